The van der Waals surface area contributed by atoms with Crippen molar-refractivity contribution in [3.8, 4) is 5.75 Å². The first-order valence-electron chi connectivity index (χ1n) is 8.93. The van der Waals surface area contributed by atoms with Gasteiger partial charge in [-0.1, -0.05) is 12.1 Å². The quantitative estimate of drug-likeness (QED) is 0.660. The van der Waals surface area contributed by atoms with Crippen molar-refractivity contribution >= 4 is 33.2 Å². The Bertz CT molecular complexity index is 782. The van der Waals surface area contributed by atoms with Crippen LogP contribution in [0.3, 0.4) is 0 Å². The molecule has 0 spiro atoms. The van der Waals surface area contributed by atoms with E-state index in [-0.39, 0.29) is 11.7 Å². The second-order valence-corrected chi connectivity index (χ2v) is 7.05. The lowest BCUT2D eigenvalue weighted by Gasteiger charge is -2.29. The maximum Gasteiger partial charge on any atom is 0.224 e. The maximum absolute atomic E-state index is 14.4. The van der Waals surface area contributed by atoms with Crippen LogP contribution in [0.4, 0.5) is 15.8 Å². The van der Waals surface area contributed by atoms with Gasteiger partial charge in [-0.3, -0.25) is 4.79 Å². The zero-order chi connectivity index (χ0) is 19.1. The summed E-state index contributed by atoms with van der Waals surface area (Å²) in [7, 11) is 0. The SMILES string of the molecule is O=C(CCCOc1ccccc1Br)Nc1ccc(N2CCOCC2)c(F)c1. The lowest BCUT2D eigenvalue weighted by molar-refractivity contribution is -0.116. The molecule has 2 aromatic rings. The number of nitrogens with one attached hydrogen (secondary N) is 1. The molecule has 0 aromatic heterocycles. The molecule has 1 aliphatic heterocycles. The Morgan fingerprint density at radius 3 is 2.74 bits per heavy atom. The maximum atomic E-state index is 14.4. The monoisotopic (exact) mass is 436 g/mol. The molecular weight excluding hydrogens is 415 g/mol. The number of para-hydroxylation sites is 1. The lowest BCUT2D eigenvalue weighted by Crippen LogP contribution is -2.36. The Kier molecular flexibility index (Phi) is 7.06. The molecule has 0 bridgehead atoms. The highest BCUT2D eigenvalue weighted by atomic mass is 79.9. The van der Waals surface area contributed by atoms with Crippen molar-refractivity contribution in [2.24, 2.45) is 0 Å². The van der Waals surface area contributed by atoms with E-state index in [9.17, 15) is 9.18 Å². The first-order valence-corrected chi connectivity index (χ1v) is 9.72. The number of ether oxygens (including phenoxy) is 2. The predicted molar refractivity (Wildman–Crippen MR) is 107 cm³/mol. The van der Waals surface area contributed by atoms with Crippen LogP contribution in [0.2, 0.25) is 0 Å². The number of morpholine rings is 1. The zero-order valence-electron chi connectivity index (χ0n) is 14.9. The average Bonchev–Trinajstić information content (AvgIpc) is 2.67. The highest BCUT2D eigenvalue weighted by Crippen LogP contribution is 2.25. The zero-order valence-corrected chi connectivity index (χ0v) is 16.5. The standard InChI is InChI=1S/C20H22BrFN2O3/c21-16-4-1-2-5-19(16)27-11-3-6-20(25)23-15-7-8-18(17(22)14-15)24-9-12-26-13-10-24/h1-2,4-5,7-8,14H,3,6,9-13H2,(H,23,25). The van der Waals surface area contributed by atoms with Crippen LogP contribution in [0, 0.1) is 5.82 Å². The summed E-state index contributed by atoms with van der Waals surface area (Å²) in [5, 5.41) is 2.74. The van der Waals surface area contributed by atoms with Crippen LogP contribution in [0.5, 0.6) is 5.75 Å². The average molecular weight is 437 g/mol. The number of rotatable bonds is 7. The van der Waals surface area contributed by atoms with Gasteiger partial charge >= 0.3 is 0 Å². The minimum absolute atomic E-state index is 0.163. The van der Waals surface area contributed by atoms with Crippen LogP contribution in [-0.4, -0.2) is 38.8 Å². The fraction of sp³-hybridized carbons (Fsp3) is 0.350. The van der Waals surface area contributed by atoms with Crippen molar-refractivity contribution in [3.05, 3.63) is 52.8 Å². The van der Waals surface area contributed by atoms with Crippen molar-refractivity contribution < 1.29 is 18.7 Å². The topological polar surface area (TPSA) is 50.8 Å². The fourth-order valence-corrected chi connectivity index (χ4v) is 3.24. The Hall–Kier alpha value is -2.12. The Morgan fingerprint density at radius 2 is 2.00 bits per heavy atom. The minimum atomic E-state index is -0.341. The number of anilines is 2. The van der Waals surface area contributed by atoms with Crippen LogP contribution in [0.15, 0.2) is 46.9 Å². The van der Waals surface area contributed by atoms with Gasteiger partial charge in [0.05, 0.1) is 30.0 Å². The number of nitrogens with zero attached hydrogens (tertiary/aromatic N) is 1. The van der Waals surface area contributed by atoms with Gasteiger partial charge in [0.15, 0.2) is 0 Å². The summed E-state index contributed by atoms with van der Waals surface area (Å²) in [5.41, 5.74) is 0.999. The first-order chi connectivity index (χ1) is 13.1. The predicted octanol–water partition coefficient (Wildman–Crippen LogP) is 4.22. The highest BCUT2D eigenvalue weighted by Gasteiger charge is 2.15. The van der Waals surface area contributed by atoms with Gasteiger partial charge in [0.2, 0.25) is 5.91 Å². The van der Waals surface area contributed by atoms with Gasteiger partial charge in [-0.2, -0.15) is 0 Å². The van der Waals surface area contributed by atoms with E-state index in [1.165, 1.54) is 6.07 Å². The molecule has 1 saturated heterocycles. The van der Waals surface area contributed by atoms with Crippen LogP contribution < -0.4 is 15.0 Å². The molecule has 7 heteroatoms. The van der Waals surface area contributed by atoms with Crippen LogP contribution in [-0.2, 0) is 9.53 Å². The summed E-state index contributed by atoms with van der Waals surface area (Å²) in [6, 6.07) is 12.4. The second-order valence-electron chi connectivity index (χ2n) is 6.20. The van der Waals surface area contributed by atoms with Crippen molar-refractivity contribution in [1.82, 2.24) is 0 Å². The molecule has 0 saturated carbocycles. The summed E-state index contributed by atoms with van der Waals surface area (Å²) in [4.78, 5) is 14.0. The van der Waals surface area contributed by atoms with E-state index < -0.39 is 0 Å². The number of amides is 1. The van der Waals surface area contributed by atoms with E-state index in [4.69, 9.17) is 9.47 Å². The normalized spacial score (nSPS) is 14.1. The fourth-order valence-electron chi connectivity index (χ4n) is 2.85. The molecule has 1 heterocycles. The first kappa shape index (κ1) is 19.6. The van der Waals surface area contributed by atoms with Crippen LogP contribution in [0.1, 0.15) is 12.8 Å². The summed E-state index contributed by atoms with van der Waals surface area (Å²) in [5.74, 6) is 0.245. The third-order valence-electron chi connectivity index (χ3n) is 4.23. The molecule has 0 aliphatic carbocycles. The number of hydrogen-bond donors (Lipinski definition) is 1. The lowest BCUT2D eigenvalue weighted by atomic mass is 10.2. The number of carbonyl (C=O) groups is 1. The van der Waals surface area contributed by atoms with Crippen molar-refractivity contribution in [3.63, 3.8) is 0 Å². The molecule has 2 aromatic carbocycles. The van der Waals surface area contributed by atoms with Crippen molar-refractivity contribution in [1.29, 1.82) is 0 Å². The molecule has 3 rings (SSSR count). The molecule has 1 fully saturated rings. The van der Waals surface area contributed by atoms with E-state index in [0.717, 1.165) is 10.2 Å². The van der Waals surface area contributed by atoms with Gasteiger partial charge in [-0.05, 0) is 52.7 Å². The number of hydrogen-bond acceptors (Lipinski definition) is 4. The molecule has 5 nitrogen and oxygen atoms in total. The second kappa shape index (κ2) is 9.71. The van der Waals surface area contributed by atoms with Gasteiger partial charge in [0.25, 0.3) is 0 Å². The number of carbonyl (C=O) groups excluding carboxylic acids is 1. The molecule has 1 aliphatic rings. The van der Waals surface area contributed by atoms with Gasteiger partial charge in [-0.25, -0.2) is 4.39 Å². The summed E-state index contributed by atoms with van der Waals surface area (Å²) in [6.45, 7) is 2.96. The molecule has 0 unspecified atom stereocenters. The Balaban J connectivity index is 1.45. The number of halogens is 2. The van der Waals surface area contributed by atoms with E-state index >= 15 is 0 Å². The number of benzene rings is 2. The van der Waals surface area contributed by atoms with Crippen LogP contribution in [0.25, 0.3) is 0 Å². The molecule has 27 heavy (non-hydrogen) atoms. The molecule has 1 amide bonds. The van der Waals surface area contributed by atoms with Crippen molar-refractivity contribution in [2.75, 3.05) is 43.1 Å². The smallest absolute Gasteiger partial charge is 0.224 e. The Morgan fingerprint density at radius 1 is 1.22 bits per heavy atom. The van der Waals surface area contributed by atoms with Gasteiger partial charge in [0, 0.05) is 25.2 Å². The molecule has 1 N–H and O–H groups in total. The summed E-state index contributed by atoms with van der Waals surface area (Å²) < 4.78 is 26.2. The minimum Gasteiger partial charge on any atom is -0.492 e. The van der Waals surface area contributed by atoms with Gasteiger partial charge in [0.1, 0.15) is 11.6 Å². The molecule has 0 atom stereocenters. The molecular formula is C20H22BrFN2O3. The third-order valence-corrected chi connectivity index (χ3v) is 4.88. The highest BCUT2D eigenvalue weighted by molar-refractivity contribution is 9.10. The van der Waals surface area contributed by atoms with E-state index in [1.807, 2.05) is 29.2 Å². The Labute approximate surface area is 166 Å². The van der Waals surface area contributed by atoms with E-state index in [1.54, 1.807) is 12.1 Å². The molecule has 144 valence electrons. The van der Waals surface area contributed by atoms with Gasteiger partial charge in [-0.15, -0.1) is 0 Å². The largest absolute Gasteiger partial charge is 0.492 e. The van der Waals surface area contributed by atoms with Crippen molar-refractivity contribution in [2.45, 2.75) is 12.8 Å². The summed E-state index contributed by atoms with van der Waals surface area (Å²) in [6.07, 6.45) is 0.874. The van der Waals surface area contributed by atoms with E-state index in [2.05, 4.69) is 21.2 Å². The third kappa shape index (κ3) is 5.68. The summed E-state index contributed by atoms with van der Waals surface area (Å²) >= 11 is 3.41. The van der Waals surface area contributed by atoms with Gasteiger partial charge < -0.3 is 19.7 Å². The molecule has 0 radical (unpaired) electrons. The van der Waals surface area contributed by atoms with E-state index in [0.29, 0.717) is 57.1 Å². The van der Waals surface area contributed by atoms with Crippen LogP contribution >= 0.6 is 15.9 Å².